The number of aliphatic hydroxyl groups is 1. The topological polar surface area (TPSA) is 45.1 Å². The Morgan fingerprint density at radius 1 is 1.36 bits per heavy atom. The van der Waals surface area contributed by atoms with Crippen LogP contribution in [0.3, 0.4) is 0 Å². The molecule has 14 heavy (non-hydrogen) atoms. The lowest BCUT2D eigenvalue weighted by molar-refractivity contribution is 0.138. The largest absolute Gasteiger partial charge is 0.393 e. The van der Waals surface area contributed by atoms with Gasteiger partial charge in [-0.05, 0) is 25.0 Å². The molecule has 0 amide bonds. The molecule has 1 aromatic rings. The highest BCUT2D eigenvalue weighted by Crippen LogP contribution is 2.25. The van der Waals surface area contributed by atoms with Gasteiger partial charge < -0.3 is 10.4 Å². The number of rotatable bonds is 3. The van der Waals surface area contributed by atoms with Gasteiger partial charge in [0.05, 0.1) is 6.10 Å². The summed E-state index contributed by atoms with van der Waals surface area (Å²) in [6.45, 7) is 0.866. The third-order valence-corrected chi connectivity index (χ3v) is 2.87. The van der Waals surface area contributed by atoms with Crippen molar-refractivity contribution in [3.63, 3.8) is 0 Å². The fraction of sp³-hybridized carbons (Fsp3) is 0.545. The Morgan fingerprint density at radius 3 is 2.79 bits per heavy atom. The molecule has 1 heterocycles. The molecule has 1 saturated carbocycles. The molecule has 0 aromatic carbocycles. The van der Waals surface area contributed by atoms with Gasteiger partial charge in [0.1, 0.15) is 0 Å². The minimum absolute atomic E-state index is 0.107. The lowest BCUT2D eigenvalue weighted by Gasteiger charge is -2.15. The Balaban J connectivity index is 1.82. The second-order valence-electron chi connectivity index (χ2n) is 3.88. The van der Waals surface area contributed by atoms with Crippen LogP contribution in [0, 0.1) is 5.92 Å². The molecular formula is C11H16N2O. The van der Waals surface area contributed by atoms with Crippen LogP contribution < -0.4 is 5.32 Å². The first-order chi connectivity index (χ1) is 6.86. The molecule has 1 aliphatic rings. The van der Waals surface area contributed by atoms with Crippen LogP contribution in [0.15, 0.2) is 24.5 Å². The maximum absolute atomic E-state index is 9.61. The van der Waals surface area contributed by atoms with E-state index < -0.39 is 0 Å². The van der Waals surface area contributed by atoms with E-state index in [1.54, 1.807) is 12.4 Å². The first-order valence-electron chi connectivity index (χ1n) is 5.18. The van der Waals surface area contributed by atoms with E-state index in [4.69, 9.17) is 0 Å². The van der Waals surface area contributed by atoms with Crippen molar-refractivity contribution in [3.8, 4) is 0 Å². The molecule has 3 nitrogen and oxygen atoms in total. The zero-order chi connectivity index (χ0) is 9.80. The predicted octanol–water partition coefficient (Wildman–Crippen LogP) is 1.65. The van der Waals surface area contributed by atoms with Gasteiger partial charge in [-0.15, -0.1) is 0 Å². The van der Waals surface area contributed by atoms with Crippen LogP contribution in [0.1, 0.15) is 19.3 Å². The van der Waals surface area contributed by atoms with Crippen LogP contribution >= 0.6 is 0 Å². The molecule has 0 aliphatic heterocycles. The SMILES string of the molecule is OC1CCCC1CNc1ccncc1. The van der Waals surface area contributed by atoms with Gasteiger partial charge in [-0.3, -0.25) is 4.98 Å². The molecular weight excluding hydrogens is 176 g/mol. The van der Waals surface area contributed by atoms with E-state index in [0.29, 0.717) is 5.92 Å². The molecule has 2 atom stereocenters. The van der Waals surface area contributed by atoms with Crippen molar-refractivity contribution in [2.75, 3.05) is 11.9 Å². The maximum atomic E-state index is 9.61. The minimum Gasteiger partial charge on any atom is -0.393 e. The third kappa shape index (κ3) is 2.23. The van der Waals surface area contributed by atoms with Gasteiger partial charge in [0.2, 0.25) is 0 Å². The first kappa shape index (κ1) is 9.46. The van der Waals surface area contributed by atoms with E-state index in [9.17, 15) is 5.11 Å². The van der Waals surface area contributed by atoms with Crippen molar-refractivity contribution < 1.29 is 5.11 Å². The summed E-state index contributed by atoms with van der Waals surface area (Å²) in [5.74, 6) is 0.420. The fourth-order valence-corrected chi connectivity index (χ4v) is 1.97. The summed E-state index contributed by atoms with van der Waals surface area (Å²) < 4.78 is 0. The Hall–Kier alpha value is -1.09. The van der Waals surface area contributed by atoms with Crippen molar-refractivity contribution in [3.05, 3.63) is 24.5 Å². The van der Waals surface area contributed by atoms with Gasteiger partial charge in [0.15, 0.2) is 0 Å². The van der Waals surface area contributed by atoms with E-state index in [1.807, 2.05) is 12.1 Å². The Labute approximate surface area is 84.2 Å². The molecule has 0 bridgehead atoms. The number of aromatic nitrogens is 1. The summed E-state index contributed by atoms with van der Waals surface area (Å²) in [4.78, 5) is 3.95. The number of nitrogens with one attached hydrogen (secondary N) is 1. The van der Waals surface area contributed by atoms with E-state index in [2.05, 4.69) is 10.3 Å². The van der Waals surface area contributed by atoms with Gasteiger partial charge in [-0.25, -0.2) is 0 Å². The number of aliphatic hydroxyl groups excluding tert-OH is 1. The molecule has 1 aliphatic carbocycles. The fourth-order valence-electron chi connectivity index (χ4n) is 1.97. The highest BCUT2D eigenvalue weighted by atomic mass is 16.3. The minimum atomic E-state index is -0.107. The summed E-state index contributed by atoms with van der Waals surface area (Å²) in [5.41, 5.74) is 1.08. The zero-order valence-electron chi connectivity index (χ0n) is 8.19. The summed E-state index contributed by atoms with van der Waals surface area (Å²) in [6, 6.07) is 3.89. The van der Waals surface area contributed by atoms with Gasteiger partial charge in [-0.2, -0.15) is 0 Å². The molecule has 2 N–H and O–H groups in total. The number of hydrogen-bond donors (Lipinski definition) is 2. The monoisotopic (exact) mass is 192 g/mol. The highest BCUT2D eigenvalue weighted by Gasteiger charge is 2.24. The summed E-state index contributed by atoms with van der Waals surface area (Å²) in [6.07, 6.45) is 6.69. The van der Waals surface area contributed by atoms with E-state index in [0.717, 1.165) is 31.5 Å². The van der Waals surface area contributed by atoms with Gasteiger partial charge >= 0.3 is 0 Å². The third-order valence-electron chi connectivity index (χ3n) is 2.87. The second-order valence-corrected chi connectivity index (χ2v) is 3.88. The lowest BCUT2D eigenvalue weighted by atomic mass is 10.1. The quantitative estimate of drug-likeness (QED) is 0.765. The lowest BCUT2D eigenvalue weighted by Crippen LogP contribution is -2.21. The standard InChI is InChI=1S/C11H16N2O/c14-11-3-1-2-9(11)8-13-10-4-6-12-7-5-10/h4-7,9,11,14H,1-3,8H2,(H,12,13). The smallest absolute Gasteiger partial charge is 0.0585 e. The van der Waals surface area contributed by atoms with Crippen LogP contribution in [-0.2, 0) is 0 Å². The molecule has 3 heteroatoms. The van der Waals surface area contributed by atoms with Crippen molar-refractivity contribution >= 4 is 5.69 Å². The number of anilines is 1. The summed E-state index contributed by atoms with van der Waals surface area (Å²) >= 11 is 0. The average Bonchev–Trinajstić information content (AvgIpc) is 2.63. The number of nitrogens with zero attached hydrogens (tertiary/aromatic N) is 1. The van der Waals surface area contributed by atoms with Crippen molar-refractivity contribution in [1.82, 2.24) is 4.98 Å². The van der Waals surface area contributed by atoms with Gasteiger partial charge in [-0.1, -0.05) is 6.42 Å². The molecule has 0 radical (unpaired) electrons. The molecule has 1 fully saturated rings. The molecule has 0 saturated heterocycles. The first-order valence-corrected chi connectivity index (χ1v) is 5.18. The zero-order valence-corrected chi connectivity index (χ0v) is 8.19. The molecule has 76 valence electrons. The van der Waals surface area contributed by atoms with Crippen molar-refractivity contribution in [2.45, 2.75) is 25.4 Å². The highest BCUT2D eigenvalue weighted by molar-refractivity contribution is 5.40. The second kappa shape index (κ2) is 4.42. The van der Waals surface area contributed by atoms with Crippen molar-refractivity contribution in [1.29, 1.82) is 0 Å². The molecule has 2 rings (SSSR count). The van der Waals surface area contributed by atoms with Crippen molar-refractivity contribution in [2.24, 2.45) is 5.92 Å². The number of hydrogen-bond acceptors (Lipinski definition) is 3. The Bertz CT molecular complexity index is 276. The van der Waals surface area contributed by atoms with E-state index in [-0.39, 0.29) is 6.10 Å². The Morgan fingerprint density at radius 2 is 2.14 bits per heavy atom. The van der Waals surface area contributed by atoms with Gasteiger partial charge in [0.25, 0.3) is 0 Å². The van der Waals surface area contributed by atoms with Crippen LogP contribution in [0.2, 0.25) is 0 Å². The Kier molecular flexibility index (Phi) is 2.99. The molecule has 1 aromatic heterocycles. The average molecular weight is 192 g/mol. The summed E-state index contributed by atoms with van der Waals surface area (Å²) in [7, 11) is 0. The van der Waals surface area contributed by atoms with Crippen LogP contribution in [0.25, 0.3) is 0 Å². The van der Waals surface area contributed by atoms with Crippen LogP contribution in [0.4, 0.5) is 5.69 Å². The van der Waals surface area contributed by atoms with Crippen LogP contribution in [0.5, 0.6) is 0 Å². The van der Waals surface area contributed by atoms with Crippen LogP contribution in [-0.4, -0.2) is 22.7 Å². The summed E-state index contributed by atoms with van der Waals surface area (Å²) in [5, 5.41) is 12.9. The molecule has 2 unspecified atom stereocenters. The van der Waals surface area contributed by atoms with E-state index in [1.165, 1.54) is 0 Å². The van der Waals surface area contributed by atoms with Gasteiger partial charge in [0, 0.05) is 30.5 Å². The van der Waals surface area contributed by atoms with E-state index >= 15 is 0 Å². The predicted molar refractivity (Wildman–Crippen MR) is 56.1 cm³/mol. The normalized spacial score (nSPS) is 26.4. The maximum Gasteiger partial charge on any atom is 0.0585 e. The number of pyridine rings is 1. The molecule has 0 spiro atoms.